The van der Waals surface area contributed by atoms with Crippen molar-refractivity contribution in [2.75, 3.05) is 7.05 Å². The molecule has 0 unspecified atom stereocenters. The monoisotopic (exact) mass is 312 g/mol. The van der Waals surface area contributed by atoms with Crippen LogP contribution in [0.4, 0.5) is 4.39 Å². The highest BCUT2D eigenvalue weighted by atomic mass is 19.1. The fourth-order valence-corrected chi connectivity index (χ4v) is 2.15. The van der Waals surface area contributed by atoms with E-state index in [2.05, 4.69) is 22.3 Å². The van der Waals surface area contributed by atoms with Gasteiger partial charge >= 0.3 is 0 Å². The molecule has 0 aliphatic heterocycles. The lowest BCUT2D eigenvalue weighted by molar-refractivity contribution is 0.0958. The number of halogens is 1. The first-order valence-corrected chi connectivity index (χ1v) is 6.88. The molecule has 5 nitrogen and oxygen atoms in total. The number of hydrogen-bond acceptors (Lipinski definition) is 4. The standard InChI is InChI=1S/C17H17FN4O/c1-3-14(12-8-9-21-15(10-12)17(23)20-2)16(22-19)11-4-6-13(18)7-5-11/h3-10,22H,1,19H2,2H3,(H,20,23)/b16-14+. The largest absolute Gasteiger partial charge is 0.354 e. The number of nitrogens with zero attached hydrogens (tertiary/aromatic N) is 1. The van der Waals surface area contributed by atoms with Crippen LogP contribution in [-0.4, -0.2) is 17.9 Å². The average molecular weight is 312 g/mol. The molecule has 0 saturated carbocycles. The number of aromatic nitrogens is 1. The number of hydrogen-bond donors (Lipinski definition) is 3. The number of pyridine rings is 1. The summed E-state index contributed by atoms with van der Waals surface area (Å²) in [5.74, 6) is 5.01. The van der Waals surface area contributed by atoms with Crippen molar-refractivity contribution in [3.63, 3.8) is 0 Å². The molecule has 0 aliphatic rings. The third-order valence-electron chi connectivity index (χ3n) is 3.28. The molecule has 0 bridgehead atoms. The molecule has 1 amide bonds. The van der Waals surface area contributed by atoms with Crippen molar-refractivity contribution < 1.29 is 9.18 Å². The van der Waals surface area contributed by atoms with Crippen LogP contribution in [0, 0.1) is 5.82 Å². The summed E-state index contributed by atoms with van der Waals surface area (Å²) < 4.78 is 13.1. The highest BCUT2D eigenvalue weighted by Gasteiger charge is 2.12. The van der Waals surface area contributed by atoms with E-state index < -0.39 is 0 Å². The van der Waals surface area contributed by atoms with Gasteiger partial charge in [-0.2, -0.15) is 0 Å². The van der Waals surface area contributed by atoms with Crippen molar-refractivity contribution in [3.8, 4) is 0 Å². The van der Waals surface area contributed by atoms with E-state index in [-0.39, 0.29) is 17.4 Å². The van der Waals surface area contributed by atoms with Gasteiger partial charge in [0, 0.05) is 18.8 Å². The van der Waals surface area contributed by atoms with Gasteiger partial charge in [-0.05, 0) is 47.5 Å². The molecule has 23 heavy (non-hydrogen) atoms. The van der Waals surface area contributed by atoms with Crippen LogP contribution in [0.15, 0.2) is 55.3 Å². The van der Waals surface area contributed by atoms with E-state index in [4.69, 9.17) is 5.84 Å². The number of carbonyl (C=O) groups is 1. The molecule has 0 radical (unpaired) electrons. The molecule has 0 spiro atoms. The molecular weight excluding hydrogens is 295 g/mol. The summed E-state index contributed by atoms with van der Waals surface area (Å²) in [6, 6.07) is 9.27. The van der Waals surface area contributed by atoms with Crippen LogP contribution in [0.5, 0.6) is 0 Å². The summed E-state index contributed by atoms with van der Waals surface area (Å²) in [5.41, 5.74) is 5.54. The molecular formula is C17H17FN4O. The number of hydrazine groups is 1. The highest BCUT2D eigenvalue weighted by molar-refractivity contribution is 5.97. The Morgan fingerprint density at radius 1 is 1.26 bits per heavy atom. The summed E-state index contributed by atoms with van der Waals surface area (Å²) >= 11 is 0. The molecule has 1 aromatic heterocycles. The second-order valence-corrected chi connectivity index (χ2v) is 4.65. The second-order valence-electron chi connectivity index (χ2n) is 4.65. The normalized spacial score (nSPS) is 11.4. The van der Waals surface area contributed by atoms with Crippen molar-refractivity contribution in [2.24, 2.45) is 5.84 Å². The molecule has 1 heterocycles. The first kappa shape index (κ1) is 16.4. The Hall–Kier alpha value is -2.99. The van der Waals surface area contributed by atoms with Gasteiger partial charge in [0.1, 0.15) is 11.5 Å². The van der Waals surface area contributed by atoms with Gasteiger partial charge in [0.05, 0.1) is 5.70 Å². The first-order valence-electron chi connectivity index (χ1n) is 6.88. The summed E-state index contributed by atoms with van der Waals surface area (Å²) in [7, 11) is 1.53. The van der Waals surface area contributed by atoms with Gasteiger partial charge in [0.25, 0.3) is 5.91 Å². The smallest absolute Gasteiger partial charge is 0.269 e. The van der Waals surface area contributed by atoms with Crippen LogP contribution in [0.2, 0.25) is 0 Å². The maximum absolute atomic E-state index is 13.1. The summed E-state index contributed by atoms with van der Waals surface area (Å²) in [6.07, 6.45) is 3.14. The van der Waals surface area contributed by atoms with Gasteiger partial charge < -0.3 is 10.7 Å². The molecule has 6 heteroatoms. The Labute approximate surface area is 133 Å². The maximum atomic E-state index is 13.1. The van der Waals surface area contributed by atoms with E-state index >= 15 is 0 Å². The number of carbonyl (C=O) groups excluding carboxylic acids is 1. The summed E-state index contributed by atoms with van der Waals surface area (Å²) in [4.78, 5) is 15.8. The number of benzene rings is 1. The Bertz CT molecular complexity index is 753. The van der Waals surface area contributed by atoms with E-state index in [1.807, 2.05) is 0 Å². The molecule has 0 aliphatic carbocycles. The summed E-state index contributed by atoms with van der Waals surface area (Å²) in [6.45, 7) is 3.80. The minimum atomic E-state index is -0.337. The van der Waals surface area contributed by atoms with Crippen LogP contribution in [0.25, 0.3) is 11.3 Å². The third kappa shape index (κ3) is 3.61. The lowest BCUT2D eigenvalue weighted by atomic mass is 9.99. The van der Waals surface area contributed by atoms with Gasteiger partial charge in [-0.3, -0.25) is 15.6 Å². The van der Waals surface area contributed by atoms with Crippen LogP contribution < -0.4 is 16.6 Å². The van der Waals surface area contributed by atoms with E-state index in [9.17, 15) is 9.18 Å². The van der Waals surface area contributed by atoms with Gasteiger partial charge in [0.15, 0.2) is 0 Å². The quantitative estimate of drug-likeness (QED) is 0.449. The van der Waals surface area contributed by atoms with Gasteiger partial charge in [-0.15, -0.1) is 0 Å². The SMILES string of the molecule is C=C/C(=C(\NN)c1ccc(F)cc1)c1ccnc(C(=O)NC)c1. The van der Waals surface area contributed by atoms with Crippen molar-refractivity contribution in [3.05, 3.63) is 77.9 Å². The fraction of sp³-hybridized carbons (Fsp3) is 0.0588. The lowest BCUT2D eigenvalue weighted by Crippen LogP contribution is -2.22. The van der Waals surface area contributed by atoms with E-state index in [1.165, 1.54) is 25.4 Å². The molecule has 0 saturated heterocycles. The predicted octanol–water partition coefficient (Wildman–Crippen LogP) is 2.10. The molecule has 2 rings (SSSR count). The highest BCUT2D eigenvalue weighted by Crippen LogP contribution is 2.25. The predicted molar refractivity (Wildman–Crippen MR) is 88.4 cm³/mol. The number of nitrogens with one attached hydrogen (secondary N) is 2. The Balaban J connectivity index is 2.57. The van der Waals surface area contributed by atoms with E-state index in [0.29, 0.717) is 22.4 Å². The van der Waals surface area contributed by atoms with Gasteiger partial charge in [0.2, 0.25) is 0 Å². The molecule has 118 valence electrons. The zero-order chi connectivity index (χ0) is 16.8. The Morgan fingerprint density at radius 2 is 1.96 bits per heavy atom. The first-order chi connectivity index (χ1) is 11.1. The summed E-state index contributed by atoms with van der Waals surface area (Å²) in [5, 5.41) is 2.52. The van der Waals surface area contributed by atoms with Crippen molar-refractivity contribution in [1.82, 2.24) is 15.7 Å². The molecule has 0 fully saturated rings. The Morgan fingerprint density at radius 3 is 2.52 bits per heavy atom. The van der Waals surface area contributed by atoms with E-state index in [1.54, 1.807) is 30.3 Å². The topological polar surface area (TPSA) is 80.0 Å². The average Bonchev–Trinajstić information content (AvgIpc) is 2.60. The maximum Gasteiger partial charge on any atom is 0.269 e. The van der Waals surface area contributed by atoms with Crippen molar-refractivity contribution in [1.29, 1.82) is 0 Å². The number of nitrogens with two attached hydrogens (primary N) is 1. The second kappa shape index (κ2) is 7.33. The molecule has 4 N–H and O–H groups in total. The minimum Gasteiger partial charge on any atom is -0.354 e. The molecule has 1 aromatic carbocycles. The van der Waals surface area contributed by atoms with Crippen molar-refractivity contribution >= 4 is 17.2 Å². The van der Waals surface area contributed by atoms with Crippen LogP contribution >= 0.6 is 0 Å². The van der Waals surface area contributed by atoms with E-state index in [0.717, 1.165) is 0 Å². The van der Waals surface area contributed by atoms with Crippen molar-refractivity contribution in [2.45, 2.75) is 0 Å². The van der Waals surface area contributed by atoms with Gasteiger partial charge in [-0.1, -0.05) is 12.7 Å². The fourth-order valence-electron chi connectivity index (χ4n) is 2.15. The zero-order valence-electron chi connectivity index (χ0n) is 12.6. The third-order valence-corrected chi connectivity index (χ3v) is 3.28. The number of rotatable bonds is 5. The van der Waals surface area contributed by atoms with Crippen LogP contribution in [-0.2, 0) is 0 Å². The molecule has 2 aromatic rings. The van der Waals surface area contributed by atoms with Crippen LogP contribution in [0.1, 0.15) is 21.6 Å². The number of allylic oxidation sites excluding steroid dienone is 2. The van der Waals surface area contributed by atoms with Crippen LogP contribution in [0.3, 0.4) is 0 Å². The Kier molecular flexibility index (Phi) is 5.22. The lowest BCUT2D eigenvalue weighted by Gasteiger charge is -2.13. The minimum absolute atomic E-state index is 0.278. The molecule has 0 atom stereocenters. The number of amides is 1. The zero-order valence-corrected chi connectivity index (χ0v) is 12.6. The van der Waals surface area contributed by atoms with Gasteiger partial charge in [-0.25, -0.2) is 4.39 Å².